The second-order valence-electron chi connectivity index (χ2n) is 5.97. The fourth-order valence-electron chi connectivity index (χ4n) is 2.53. The van der Waals surface area contributed by atoms with Crippen LogP contribution < -0.4 is 14.8 Å². The van der Waals surface area contributed by atoms with E-state index in [0.717, 1.165) is 22.9 Å². The summed E-state index contributed by atoms with van der Waals surface area (Å²) in [7, 11) is 1.78. The molecular formula is C17H23N5O3S. The van der Waals surface area contributed by atoms with Crippen LogP contribution in [0.15, 0.2) is 23.4 Å². The first-order valence-electron chi connectivity index (χ1n) is 8.46. The van der Waals surface area contributed by atoms with Gasteiger partial charge in [-0.1, -0.05) is 17.8 Å². The molecule has 0 unspecified atom stereocenters. The number of nitrogens with zero attached hydrogens (tertiary/aromatic N) is 3. The van der Waals surface area contributed by atoms with Crippen molar-refractivity contribution in [3.05, 3.63) is 29.6 Å². The Morgan fingerprint density at radius 1 is 1.38 bits per heavy atom. The molecule has 2 aromatic rings. The molecule has 1 aromatic carbocycles. The number of fused-ring (bicyclic) bond motifs is 1. The molecule has 0 bridgehead atoms. The minimum atomic E-state index is -0.126. The van der Waals surface area contributed by atoms with Crippen molar-refractivity contribution in [2.75, 3.05) is 32.6 Å². The van der Waals surface area contributed by atoms with Crippen LogP contribution in [0.4, 0.5) is 4.79 Å². The minimum Gasteiger partial charge on any atom is -0.486 e. The summed E-state index contributed by atoms with van der Waals surface area (Å²) in [6.45, 7) is 5.48. The highest BCUT2D eigenvalue weighted by Gasteiger charge is 2.20. The SMILES string of the molecule is Cc1nc(SCCNC(=O)N(C)[C@H](C)c2ccc3c(c2)OCCO3)n[nH]1. The van der Waals surface area contributed by atoms with Gasteiger partial charge in [0.2, 0.25) is 5.16 Å². The first kappa shape index (κ1) is 18.4. The Morgan fingerprint density at radius 3 is 2.88 bits per heavy atom. The van der Waals surface area contributed by atoms with E-state index in [1.54, 1.807) is 11.9 Å². The van der Waals surface area contributed by atoms with E-state index in [1.165, 1.54) is 11.8 Å². The fraction of sp³-hybridized carbons (Fsp3) is 0.471. The van der Waals surface area contributed by atoms with Gasteiger partial charge in [0, 0.05) is 19.3 Å². The van der Waals surface area contributed by atoms with Crippen LogP contribution in [0.3, 0.4) is 0 Å². The van der Waals surface area contributed by atoms with Crippen LogP contribution in [0.25, 0.3) is 0 Å². The Kier molecular flexibility index (Phi) is 5.87. The smallest absolute Gasteiger partial charge is 0.317 e. The van der Waals surface area contributed by atoms with Gasteiger partial charge in [0.05, 0.1) is 6.04 Å². The minimum absolute atomic E-state index is 0.0888. The molecule has 0 spiro atoms. The number of amides is 2. The van der Waals surface area contributed by atoms with Gasteiger partial charge in [0.25, 0.3) is 0 Å². The molecule has 1 aliphatic heterocycles. The van der Waals surface area contributed by atoms with Gasteiger partial charge in [-0.3, -0.25) is 5.10 Å². The Hall–Kier alpha value is -2.42. The molecule has 140 valence electrons. The number of urea groups is 1. The number of aromatic nitrogens is 3. The number of nitrogens with one attached hydrogen (secondary N) is 2. The summed E-state index contributed by atoms with van der Waals surface area (Å²) in [6.07, 6.45) is 0. The van der Waals surface area contributed by atoms with Crippen molar-refractivity contribution in [3.63, 3.8) is 0 Å². The zero-order chi connectivity index (χ0) is 18.5. The number of hydrogen-bond donors (Lipinski definition) is 2. The van der Waals surface area contributed by atoms with Crippen LogP contribution >= 0.6 is 11.8 Å². The van der Waals surface area contributed by atoms with Crippen LogP contribution in [0, 0.1) is 6.92 Å². The van der Waals surface area contributed by atoms with E-state index in [2.05, 4.69) is 20.5 Å². The number of thioether (sulfide) groups is 1. The maximum atomic E-state index is 12.4. The summed E-state index contributed by atoms with van der Waals surface area (Å²) in [4.78, 5) is 18.3. The molecule has 1 atom stereocenters. The molecule has 0 fully saturated rings. The molecule has 1 aliphatic rings. The third kappa shape index (κ3) is 4.40. The zero-order valence-electron chi connectivity index (χ0n) is 15.1. The van der Waals surface area contributed by atoms with Crippen LogP contribution in [-0.2, 0) is 0 Å². The quantitative estimate of drug-likeness (QED) is 0.593. The van der Waals surface area contributed by atoms with E-state index in [-0.39, 0.29) is 12.1 Å². The lowest BCUT2D eigenvalue weighted by Gasteiger charge is -2.27. The van der Waals surface area contributed by atoms with E-state index in [1.807, 2.05) is 32.0 Å². The molecule has 0 saturated heterocycles. The molecule has 2 amide bonds. The molecule has 0 aliphatic carbocycles. The first-order chi connectivity index (χ1) is 12.5. The van der Waals surface area contributed by atoms with Gasteiger partial charge in [0.1, 0.15) is 19.0 Å². The van der Waals surface area contributed by atoms with Gasteiger partial charge >= 0.3 is 6.03 Å². The standard InChI is InChI=1S/C17H23N5O3S/c1-11(13-4-5-14-15(10-13)25-8-7-24-14)22(3)17(23)18-6-9-26-16-19-12(2)20-21-16/h4-5,10-11H,6-9H2,1-3H3,(H,18,23)(H,19,20,21)/t11-/m1/s1. The highest BCUT2D eigenvalue weighted by molar-refractivity contribution is 7.99. The average Bonchev–Trinajstić information content (AvgIpc) is 3.08. The fourth-order valence-corrected chi connectivity index (χ4v) is 3.23. The Labute approximate surface area is 156 Å². The first-order valence-corrected chi connectivity index (χ1v) is 9.45. The molecule has 1 aromatic heterocycles. The molecule has 2 N–H and O–H groups in total. The third-order valence-electron chi connectivity index (χ3n) is 4.14. The molecular weight excluding hydrogens is 354 g/mol. The van der Waals surface area contributed by atoms with Crippen molar-refractivity contribution >= 4 is 17.8 Å². The molecule has 2 heterocycles. The molecule has 9 heteroatoms. The van der Waals surface area contributed by atoms with Gasteiger partial charge < -0.3 is 19.7 Å². The van der Waals surface area contributed by atoms with Crippen molar-refractivity contribution < 1.29 is 14.3 Å². The zero-order valence-corrected chi connectivity index (χ0v) is 15.9. The summed E-state index contributed by atoms with van der Waals surface area (Å²) >= 11 is 1.50. The van der Waals surface area contributed by atoms with Crippen molar-refractivity contribution in [1.82, 2.24) is 25.4 Å². The summed E-state index contributed by atoms with van der Waals surface area (Å²) in [5.41, 5.74) is 0.998. The number of carbonyl (C=O) groups is 1. The number of H-pyrrole nitrogens is 1. The van der Waals surface area contributed by atoms with E-state index in [0.29, 0.717) is 30.7 Å². The van der Waals surface area contributed by atoms with Crippen LogP contribution in [0.1, 0.15) is 24.4 Å². The maximum Gasteiger partial charge on any atom is 0.317 e. The van der Waals surface area contributed by atoms with Crippen molar-refractivity contribution in [1.29, 1.82) is 0 Å². The number of ether oxygens (including phenoxy) is 2. The largest absolute Gasteiger partial charge is 0.486 e. The Balaban J connectivity index is 1.49. The topological polar surface area (TPSA) is 92.4 Å². The number of hydrogen-bond acceptors (Lipinski definition) is 6. The third-order valence-corrected chi connectivity index (χ3v) is 4.99. The molecule has 3 rings (SSSR count). The average molecular weight is 377 g/mol. The predicted molar refractivity (Wildman–Crippen MR) is 98.9 cm³/mol. The number of aryl methyl sites for hydroxylation is 1. The molecule has 0 radical (unpaired) electrons. The van der Waals surface area contributed by atoms with E-state index >= 15 is 0 Å². The monoisotopic (exact) mass is 377 g/mol. The molecule has 0 saturated carbocycles. The van der Waals surface area contributed by atoms with Crippen LogP contribution in [-0.4, -0.2) is 58.7 Å². The van der Waals surface area contributed by atoms with Gasteiger partial charge in [-0.2, -0.15) is 0 Å². The predicted octanol–water partition coefficient (Wildman–Crippen LogP) is 2.38. The number of aromatic amines is 1. The van der Waals surface area contributed by atoms with E-state index in [4.69, 9.17) is 9.47 Å². The van der Waals surface area contributed by atoms with Gasteiger partial charge in [-0.15, -0.1) is 5.10 Å². The van der Waals surface area contributed by atoms with Crippen molar-refractivity contribution in [2.24, 2.45) is 0 Å². The molecule has 8 nitrogen and oxygen atoms in total. The number of rotatable bonds is 6. The Bertz CT molecular complexity index is 767. The van der Waals surface area contributed by atoms with E-state index in [9.17, 15) is 4.79 Å². The lowest BCUT2D eigenvalue weighted by Crippen LogP contribution is -2.39. The highest BCUT2D eigenvalue weighted by Crippen LogP contribution is 2.33. The number of carbonyl (C=O) groups excluding carboxylic acids is 1. The highest BCUT2D eigenvalue weighted by atomic mass is 32.2. The van der Waals surface area contributed by atoms with Crippen molar-refractivity contribution in [2.45, 2.75) is 25.0 Å². The second kappa shape index (κ2) is 8.31. The van der Waals surface area contributed by atoms with Gasteiger partial charge in [-0.25, -0.2) is 9.78 Å². The summed E-state index contributed by atoms with van der Waals surface area (Å²) < 4.78 is 11.2. The lowest BCUT2D eigenvalue weighted by molar-refractivity contribution is 0.170. The number of benzene rings is 1. The van der Waals surface area contributed by atoms with E-state index < -0.39 is 0 Å². The normalized spacial score (nSPS) is 14.0. The van der Waals surface area contributed by atoms with Gasteiger partial charge in [-0.05, 0) is 31.5 Å². The summed E-state index contributed by atoms with van der Waals surface area (Å²) in [5.74, 6) is 2.96. The van der Waals surface area contributed by atoms with Crippen LogP contribution in [0.2, 0.25) is 0 Å². The molecule has 26 heavy (non-hydrogen) atoms. The maximum absolute atomic E-state index is 12.4. The summed E-state index contributed by atoms with van der Waals surface area (Å²) in [5, 5.41) is 10.5. The lowest BCUT2D eigenvalue weighted by atomic mass is 10.1. The Morgan fingerprint density at radius 2 is 2.15 bits per heavy atom. The van der Waals surface area contributed by atoms with Crippen LogP contribution in [0.5, 0.6) is 11.5 Å². The van der Waals surface area contributed by atoms with Gasteiger partial charge in [0.15, 0.2) is 11.5 Å². The second-order valence-corrected chi connectivity index (χ2v) is 7.04. The summed E-state index contributed by atoms with van der Waals surface area (Å²) in [6, 6.07) is 5.57. The van der Waals surface area contributed by atoms with Crippen molar-refractivity contribution in [3.8, 4) is 11.5 Å².